The van der Waals surface area contributed by atoms with Crippen molar-refractivity contribution in [2.75, 3.05) is 33.3 Å². The van der Waals surface area contributed by atoms with Crippen LogP contribution in [0.25, 0.3) is 0 Å². The van der Waals surface area contributed by atoms with Gasteiger partial charge in [-0.25, -0.2) is 4.79 Å². The first kappa shape index (κ1) is 11.0. The third-order valence-electron chi connectivity index (χ3n) is 2.01. The lowest BCUT2D eigenvalue weighted by Gasteiger charge is -2.39. The van der Waals surface area contributed by atoms with E-state index in [2.05, 4.69) is 6.58 Å². The molecule has 0 aromatic heterocycles. The summed E-state index contributed by atoms with van der Waals surface area (Å²) in [6, 6.07) is -0.352. The fraction of sp³-hybridized carbons (Fsp3) is 0.625. The normalized spacial score (nSPS) is 18.9. The van der Waals surface area contributed by atoms with Gasteiger partial charge in [-0.15, -0.1) is 6.58 Å². The third-order valence-corrected chi connectivity index (χ3v) is 2.01. The smallest absolute Gasteiger partial charge is 0.325 e. The van der Waals surface area contributed by atoms with Crippen molar-refractivity contribution in [1.29, 1.82) is 0 Å². The molecule has 6 nitrogen and oxygen atoms in total. The highest BCUT2D eigenvalue weighted by atomic mass is 16.3. The topological polar surface area (TPSA) is 67.2 Å². The van der Waals surface area contributed by atoms with E-state index in [0.29, 0.717) is 19.9 Å². The second kappa shape index (κ2) is 4.94. The minimum atomic E-state index is -0.352. The summed E-state index contributed by atoms with van der Waals surface area (Å²) in [6.07, 6.45) is 1.71. The fourth-order valence-electron chi connectivity index (χ4n) is 1.36. The van der Waals surface area contributed by atoms with Gasteiger partial charge in [-0.3, -0.25) is 14.7 Å². The van der Waals surface area contributed by atoms with Crippen molar-refractivity contribution in [1.82, 2.24) is 14.7 Å². The summed E-state index contributed by atoms with van der Waals surface area (Å²) in [4.78, 5) is 15.8. The van der Waals surface area contributed by atoms with Crippen LogP contribution in [0.5, 0.6) is 0 Å². The summed E-state index contributed by atoms with van der Waals surface area (Å²) in [5, 5.41) is 17.8. The van der Waals surface area contributed by atoms with Crippen LogP contribution in [-0.4, -0.2) is 64.3 Å². The van der Waals surface area contributed by atoms with Gasteiger partial charge in [0.05, 0.1) is 13.3 Å². The van der Waals surface area contributed by atoms with Crippen LogP contribution in [0, 0.1) is 0 Å². The van der Waals surface area contributed by atoms with E-state index in [9.17, 15) is 4.79 Å². The molecule has 1 aliphatic heterocycles. The minimum absolute atomic E-state index is 0.344. The van der Waals surface area contributed by atoms with Crippen molar-refractivity contribution < 1.29 is 15.0 Å². The van der Waals surface area contributed by atoms with Crippen LogP contribution in [0.2, 0.25) is 0 Å². The molecule has 1 aliphatic rings. The van der Waals surface area contributed by atoms with Crippen molar-refractivity contribution in [3.05, 3.63) is 12.7 Å². The number of rotatable bonds is 4. The van der Waals surface area contributed by atoms with Gasteiger partial charge >= 0.3 is 6.03 Å². The number of aliphatic hydroxyl groups is 2. The zero-order chi connectivity index (χ0) is 10.6. The summed E-state index contributed by atoms with van der Waals surface area (Å²) >= 11 is 0. The summed E-state index contributed by atoms with van der Waals surface area (Å²) in [7, 11) is 0. The van der Waals surface area contributed by atoms with Crippen molar-refractivity contribution in [2.45, 2.75) is 0 Å². The first-order chi connectivity index (χ1) is 6.72. The van der Waals surface area contributed by atoms with E-state index >= 15 is 0 Å². The molecular formula is C8H15N3O3. The molecule has 1 fully saturated rings. The summed E-state index contributed by atoms with van der Waals surface area (Å²) < 4.78 is 0. The standard InChI is InChI=1S/C8H15N3O3/c1-2-3-9-4-10(6-12)8(14)11(5-9)7-13/h2,12-13H,1,3-7H2. The van der Waals surface area contributed by atoms with Crippen LogP contribution in [0.15, 0.2) is 12.7 Å². The average molecular weight is 201 g/mol. The molecule has 1 saturated heterocycles. The molecule has 1 rings (SSSR count). The largest absolute Gasteiger partial charge is 0.376 e. The van der Waals surface area contributed by atoms with Crippen molar-refractivity contribution >= 4 is 6.03 Å². The van der Waals surface area contributed by atoms with Crippen molar-refractivity contribution in [2.24, 2.45) is 0 Å². The zero-order valence-corrected chi connectivity index (χ0v) is 7.96. The number of hydrogen-bond acceptors (Lipinski definition) is 4. The summed E-state index contributed by atoms with van der Waals surface area (Å²) in [5.41, 5.74) is 0. The Hall–Kier alpha value is -1.11. The predicted octanol–water partition coefficient (Wildman–Crippen LogP) is -0.973. The van der Waals surface area contributed by atoms with Crippen LogP contribution in [0.4, 0.5) is 4.79 Å². The SMILES string of the molecule is C=CCN1CN(CO)C(=O)N(CO)C1. The van der Waals surface area contributed by atoms with E-state index in [1.165, 1.54) is 9.80 Å². The third kappa shape index (κ3) is 2.22. The van der Waals surface area contributed by atoms with Crippen LogP contribution in [-0.2, 0) is 0 Å². The van der Waals surface area contributed by atoms with E-state index < -0.39 is 0 Å². The van der Waals surface area contributed by atoms with Gasteiger partial charge < -0.3 is 10.2 Å². The minimum Gasteiger partial charge on any atom is -0.376 e. The van der Waals surface area contributed by atoms with Crippen LogP contribution < -0.4 is 0 Å². The predicted molar refractivity (Wildman–Crippen MR) is 49.9 cm³/mol. The number of urea groups is 1. The Balaban J connectivity index is 2.62. The Morgan fingerprint density at radius 1 is 1.29 bits per heavy atom. The quantitative estimate of drug-likeness (QED) is 0.574. The van der Waals surface area contributed by atoms with Gasteiger partial charge in [-0.1, -0.05) is 6.08 Å². The summed E-state index contributed by atoms with van der Waals surface area (Å²) in [6.45, 7) is 4.23. The van der Waals surface area contributed by atoms with Gasteiger partial charge in [0.25, 0.3) is 0 Å². The highest BCUT2D eigenvalue weighted by Crippen LogP contribution is 2.08. The molecule has 0 bridgehead atoms. The van der Waals surface area contributed by atoms with Gasteiger partial charge in [0.1, 0.15) is 13.5 Å². The second-order valence-corrected chi connectivity index (χ2v) is 3.07. The molecule has 0 aromatic rings. The molecular weight excluding hydrogens is 186 g/mol. The molecule has 0 radical (unpaired) electrons. The molecule has 0 atom stereocenters. The molecule has 14 heavy (non-hydrogen) atoms. The maximum atomic E-state index is 11.4. The number of aliphatic hydroxyl groups excluding tert-OH is 2. The van der Waals surface area contributed by atoms with Crippen LogP contribution in [0.1, 0.15) is 0 Å². The van der Waals surface area contributed by atoms with Gasteiger partial charge in [0, 0.05) is 6.54 Å². The highest BCUT2D eigenvalue weighted by molar-refractivity contribution is 5.74. The Kier molecular flexibility index (Phi) is 3.87. The number of amides is 2. The molecule has 80 valence electrons. The monoisotopic (exact) mass is 201 g/mol. The lowest BCUT2D eigenvalue weighted by atomic mass is 10.4. The van der Waals surface area contributed by atoms with E-state index in [1.54, 1.807) is 6.08 Å². The van der Waals surface area contributed by atoms with E-state index in [1.807, 2.05) is 4.90 Å². The second-order valence-electron chi connectivity index (χ2n) is 3.07. The lowest BCUT2D eigenvalue weighted by molar-refractivity contribution is -0.0217. The molecule has 0 aliphatic carbocycles. The Bertz CT molecular complexity index is 206. The first-order valence-electron chi connectivity index (χ1n) is 4.31. The Labute approximate surface area is 82.6 Å². The maximum Gasteiger partial charge on any atom is 0.325 e. The van der Waals surface area contributed by atoms with Gasteiger partial charge in [-0.05, 0) is 0 Å². The summed E-state index contributed by atoms with van der Waals surface area (Å²) in [5.74, 6) is 0. The van der Waals surface area contributed by atoms with E-state index in [-0.39, 0.29) is 19.5 Å². The zero-order valence-electron chi connectivity index (χ0n) is 7.96. The average Bonchev–Trinajstić information content (AvgIpc) is 2.20. The van der Waals surface area contributed by atoms with Crippen molar-refractivity contribution in [3.8, 4) is 0 Å². The number of carbonyl (C=O) groups excluding carboxylic acids is 1. The van der Waals surface area contributed by atoms with Crippen molar-refractivity contribution in [3.63, 3.8) is 0 Å². The molecule has 6 heteroatoms. The Morgan fingerprint density at radius 2 is 1.79 bits per heavy atom. The fourth-order valence-corrected chi connectivity index (χ4v) is 1.36. The molecule has 0 spiro atoms. The van der Waals surface area contributed by atoms with Gasteiger partial charge in [-0.2, -0.15) is 0 Å². The lowest BCUT2D eigenvalue weighted by Crippen LogP contribution is -2.58. The van der Waals surface area contributed by atoms with Crippen LogP contribution >= 0.6 is 0 Å². The first-order valence-corrected chi connectivity index (χ1v) is 4.31. The molecule has 2 N–H and O–H groups in total. The Morgan fingerprint density at radius 3 is 2.14 bits per heavy atom. The number of carbonyl (C=O) groups is 1. The highest BCUT2D eigenvalue weighted by Gasteiger charge is 2.28. The molecule has 0 saturated carbocycles. The van der Waals surface area contributed by atoms with Crippen LogP contribution in [0.3, 0.4) is 0 Å². The maximum absolute atomic E-state index is 11.4. The number of hydrogen-bond donors (Lipinski definition) is 2. The number of nitrogens with zero attached hydrogens (tertiary/aromatic N) is 3. The van der Waals surface area contributed by atoms with Gasteiger partial charge in [0.2, 0.25) is 0 Å². The molecule has 0 unspecified atom stereocenters. The van der Waals surface area contributed by atoms with E-state index in [0.717, 1.165) is 0 Å². The van der Waals surface area contributed by atoms with Gasteiger partial charge in [0.15, 0.2) is 0 Å². The van der Waals surface area contributed by atoms with E-state index in [4.69, 9.17) is 10.2 Å². The molecule has 0 aromatic carbocycles. The molecule has 1 heterocycles. The molecule has 2 amide bonds.